The Morgan fingerprint density at radius 1 is 1.56 bits per heavy atom. The summed E-state index contributed by atoms with van der Waals surface area (Å²) in [6.07, 6.45) is 4.88. The van der Waals surface area contributed by atoms with E-state index in [1.807, 2.05) is 18.2 Å². The van der Waals surface area contributed by atoms with Crippen molar-refractivity contribution in [3.63, 3.8) is 0 Å². The van der Waals surface area contributed by atoms with Gasteiger partial charge in [-0.1, -0.05) is 25.2 Å². The molecule has 2 rings (SSSR count). The van der Waals surface area contributed by atoms with Crippen LogP contribution in [0.15, 0.2) is 18.2 Å². The van der Waals surface area contributed by atoms with Gasteiger partial charge in [0.25, 0.3) is 0 Å². The highest BCUT2D eigenvalue weighted by Gasteiger charge is 2.35. The summed E-state index contributed by atoms with van der Waals surface area (Å²) in [5, 5.41) is 3.51. The topological polar surface area (TPSA) is 50.9 Å². The molecule has 3 nitrogen and oxygen atoms in total. The first kappa shape index (κ1) is 11.3. The zero-order valence-electron chi connectivity index (χ0n) is 9.49. The number of nitrogens with one attached hydrogen (secondary N) is 1. The summed E-state index contributed by atoms with van der Waals surface area (Å²) < 4.78 is 0. The molecular weight excluding hydrogens is 218 g/mol. The van der Waals surface area contributed by atoms with Gasteiger partial charge in [0.05, 0.1) is 5.69 Å². The summed E-state index contributed by atoms with van der Waals surface area (Å²) in [5.41, 5.74) is 6.50. The van der Waals surface area contributed by atoms with Gasteiger partial charge in [-0.15, -0.1) is 0 Å². The molecule has 0 atom stereocenters. The predicted octanol–water partition coefficient (Wildman–Crippen LogP) is 2.46. The Hall–Kier alpha value is -1.16. The number of nitrogens with zero attached hydrogens (tertiary/aromatic N) is 1. The second-order valence-corrected chi connectivity index (χ2v) is 4.82. The lowest BCUT2D eigenvalue weighted by atomic mass is 9.75. The van der Waals surface area contributed by atoms with Gasteiger partial charge in [0.2, 0.25) is 0 Å². The first-order valence-electron chi connectivity index (χ1n) is 5.70. The van der Waals surface area contributed by atoms with Crippen LogP contribution < -0.4 is 11.1 Å². The molecular formula is C12H17N3S. The smallest absolute Gasteiger partial charge is 0.127 e. The zero-order chi connectivity index (χ0) is 11.6. The summed E-state index contributed by atoms with van der Waals surface area (Å²) in [7, 11) is 0. The predicted molar refractivity (Wildman–Crippen MR) is 70.6 cm³/mol. The summed E-state index contributed by atoms with van der Waals surface area (Å²) in [4.78, 5) is 4.76. The van der Waals surface area contributed by atoms with Crippen molar-refractivity contribution in [2.24, 2.45) is 5.73 Å². The van der Waals surface area contributed by atoms with E-state index < -0.39 is 0 Å². The van der Waals surface area contributed by atoms with Crippen LogP contribution in [0.4, 0.5) is 5.82 Å². The van der Waals surface area contributed by atoms with Crippen molar-refractivity contribution in [2.45, 2.75) is 38.1 Å². The Bertz CT molecular complexity index is 393. The summed E-state index contributed by atoms with van der Waals surface area (Å²) in [6.45, 7) is 2.21. The fourth-order valence-electron chi connectivity index (χ4n) is 2.08. The molecule has 0 radical (unpaired) electrons. The van der Waals surface area contributed by atoms with Crippen molar-refractivity contribution in [1.29, 1.82) is 0 Å². The minimum absolute atomic E-state index is 0.252. The Balaban J connectivity index is 2.15. The van der Waals surface area contributed by atoms with Gasteiger partial charge in [-0.25, -0.2) is 4.98 Å². The number of aromatic nitrogens is 1. The molecule has 1 fully saturated rings. The third-order valence-corrected chi connectivity index (χ3v) is 3.59. The molecule has 1 aromatic rings. The standard InChI is InChI=1S/C12H17N3S/c1-2-12(7-4-8-12)15-10-6-3-5-9(14-10)11(13)16/h3,5-6H,2,4,7-8H2,1H3,(H2,13,16)(H,14,15). The van der Waals surface area contributed by atoms with Crippen molar-refractivity contribution in [3.05, 3.63) is 23.9 Å². The molecule has 0 amide bonds. The van der Waals surface area contributed by atoms with Gasteiger partial charge in [-0.05, 0) is 37.8 Å². The van der Waals surface area contributed by atoms with E-state index >= 15 is 0 Å². The maximum absolute atomic E-state index is 5.57. The summed E-state index contributed by atoms with van der Waals surface area (Å²) in [6, 6.07) is 5.75. The highest BCUT2D eigenvalue weighted by Crippen LogP contribution is 2.37. The van der Waals surface area contributed by atoms with E-state index in [9.17, 15) is 0 Å². The molecule has 0 spiro atoms. The first-order chi connectivity index (χ1) is 7.65. The molecule has 16 heavy (non-hydrogen) atoms. The SMILES string of the molecule is CCC1(Nc2cccc(C(N)=S)n2)CCC1. The van der Waals surface area contributed by atoms with E-state index in [2.05, 4.69) is 17.2 Å². The van der Waals surface area contributed by atoms with Crippen LogP contribution in [0.5, 0.6) is 0 Å². The molecule has 1 saturated carbocycles. The molecule has 0 saturated heterocycles. The molecule has 1 aromatic heterocycles. The average Bonchev–Trinajstić information content (AvgIpc) is 2.24. The van der Waals surface area contributed by atoms with Gasteiger partial charge >= 0.3 is 0 Å². The molecule has 86 valence electrons. The van der Waals surface area contributed by atoms with E-state index in [0.29, 0.717) is 10.7 Å². The molecule has 0 aliphatic heterocycles. The molecule has 0 aromatic carbocycles. The first-order valence-corrected chi connectivity index (χ1v) is 6.11. The van der Waals surface area contributed by atoms with E-state index in [1.54, 1.807) is 0 Å². The molecule has 4 heteroatoms. The lowest BCUT2D eigenvalue weighted by Crippen LogP contribution is -2.44. The van der Waals surface area contributed by atoms with Crippen LogP contribution in [-0.2, 0) is 0 Å². The monoisotopic (exact) mass is 235 g/mol. The van der Waals surface area contributed by atoms with Crippen molar-refractivity contribution >= 4 is 23.0 Å². The Kier molecular flexibility index (Phi) is 3.10. The number of pyridine rings is 1. The van der Waals surface area contributed by atoms with Crippen LogP contribution in [0.2, 0.25) is 0 Å². The highest BCUT2D eigenvalue weighted by molar-refractivity contribution is 7.80. The third-order valence-electron chi connectivity index (χ3n) is 3.38. The van der Waals surface area contributed by atoms with Crippen LogP contribution in [0.3, 0.4) is 0 Å². The van der Waals surface area contributed by atoms with Gasteiger partial charge in [0.15, 0.2) is 0 Å². The maximum atomic E-state index is 5.57. The molecule has 1 heterocycles. The maximum Gasteiger partial charge on any atom is 0.127 e. The highest BCUT2D eigenvalue weighted by atomic mass is 32.1. The zero-order valence-corrected chi connectivity index (χ0v) is 10.3. The van der Waals surface area contributed by atoms with Crippen LogP contribution in [0.25, 0.3) is 0 Å². The minimum Gasteiger partial charge on any atom is -0.388 e. The fourth-order valence-corrected chi connectivity index (χ4v) is 2.20. The van der Waals surface area contributed by atoms with Crippen molar-refractivity contribution in [1.82, 2.24) is 4.98 Å². The van der Waals surface area contributed by atoms with E-state index in [4.69, 9.17) is 18.0 Å². The molecule has 1 aliphatic rings. The van der Waals surface area contributed by atoms with Crippen LogP contribution in [0, 0.1) is 0 Å². The van der Waals surface area contributed by atoms with Gasteiger partial charge < -0.3 is 11.1 Å². The number of anilines is 1. The summed E-state index contributed by atoms with van der Waals surface area (Å²) in [5.74, 6) is 0.881. The van der Waals surface area contributed by atoms with Crippen molar-refractivity contribution in [2.75, 3.05) is 5.32 Å². The van der Waals surface area contributed by atoms with Crippen LogP contribution in [0.1, 0.15) is 38.3 Å². The third kappa shape index (κ3) is 2.16. The van der Waals surface area contributed by atoms with E-state index in [1.165, 1.54) is 19.3 Å². The lowest BCUT2D eigenvalue weighted by Gasteiger charge is -2.42. The molecule has 0 bridgehead atoms. The van der Waals surface area contributed by atoms with Crippen molar-refractivity contribution < 1.29 is 0 Å². The molecule has 0 unspecified atom stereocenters. The molecule has 3 N–H and O–H groups in total. The number of rotatable bonds is 4. The second kappa shape index (κ2) is 4.37. The lowest BCUT2D eigenvalue weighted by molar-refractivity contribution is 0.269. The van der Waals surface area contributed by atoms with E-state index in [-0.39, 0.29) is 5.54 Å². The van der Waals surface area contributed by atoms with E-state index in [0.717, 1.165) is 12.2 Å². The van der Waals surface area contributed by atoms with Gasteiger partial charge in [-0.2, -0.15) is 0 Å². The van der Waals surface area contributed by atoms with Crippen LogP contribution in [-0.4, -0.2) is 15.5 Å². The normalized spacial score (nSPS) is 17.6. The van der Waals surface area contributed by atoms with Gasteiger partial charge in [-0.3, -0.25) is 0 Å². The van der Waals surface area contributed by atoms with Crippen LogP contribution >= 0.6 is 12.2 Å². The van der Waals surface area contributed by atoms with Gasteiger partial charge in [0.1, 0.15) is 10.8 Å². The Morgan fingerprint density at radius 2 is 2.31 bits per heavy atom. The Labute approximate surface area is 101 Å². The van der Waals surface area contributed by atoms with Crippen molar-refractivity contribution in [3.8, 4) is 0 Å². The Morgan fingerprint density at radius 3 is 2.81 bits per heavy atom. The summed E-state index contributed by atoms with van der Waals surface area (Å²) >= 11 is 4.92. The average molecular weight is 235 g/mol. The number of nitrogens with two attached hydrogens (primary N) is 1. The molecule has 1 aliphatic carbocycles. The number of thiocarbonyl (C=S) groups is 1. The number of hydrogen-bond donors (Lipinski definition) is 2. The fraction of sp³-hybridized carbons (Fsp3) is 0.500. The minimum atomic E-state index is 0.252. The largest absolute Gasteiger partial charge is 0.388 e. The quantitative estimate of drug-likeness (QED) is 0.787. The van der Waals surface area contributed by atoms with Gasteiger partial charge in [0, 0.05) is 5.54 Å². The second-order valence-electron chi connectivity index (χ2n) is 4.38. The number of hydrogen-bond acceptors (Lipinski definition) is 3.